The molecule has 0 aliphatic carbocycles. The Balaban J connectivity index is 2.77. The summed E-state index contributed by atoms with van der Waals surface area (Å²) in [6.07, 6.45) is -1.13. The summed E-state index contributed by atoms with van der Waals surface area (Å²) in [5.74, 6) is 0. The zero-order valence-corrected chi connectivity index (χ0v) is 8.49. The van der Waals surface area contributed by atoms with Crippen LogP contribution in [0.1, 0.15) is 5.56 Å². The van der Waals surface area contributed by atoms with Crippen LogP contribution in [-0.2, 0) is 16.6 Å². The lowest BCUT2D eigenvalue weighted by Crippen LogP contribution is -2.20. The summed E-state index contributed by atoms with van der Waals surface area (Å²) < 4.78 is 21.8. The quantitative estimate of drug-likeness (QED) is 0.684. The number of nitrogens with one attached hydrogen (secondary N) is 1. The van der Waals surface area contributed by atoms with E-state index >= 15 is 0 Å². The number of hydrogen-bond donors (Lipinski definition) is 3. The number of carboxylic acid groups (broad SMARTS) is 1. The number of carbonyl (C=O) groups is 1. The van der Waals surface area contributed by atoms with E-state index < -0.39 is 16.1 Å². The minimum atomic E-state index is -3.69. The van der Waals surface area contributed by atoms with Crippen molar-refractivity contribution in [1.82, 2.24) is 5.32 Å². The number of rotatable bonds is 3. The Morgan fingerprint density at radius 3 is 2.27 bits per heavy atom. The average Bonchev–Trinajstić information content (AvgIpc) is 2.14. The first kappa shape index (κ1) is 11.5. The summed E-state index contributed by atoms with van der Waals surface area (Å²) in [5.41, 5.74) is 0.657. The molecule has 0 bridgehead atoms. The van der Waals surface area contributed by atoms with Gasteiger partial charge in [-0.3, -0.25) is 0 Å². The highest BCUT2D eigenvalue weighted by Crippen LogP contribution is 2.08. The molecule has 1 rings (SSSR count). The third kappa shape index (κ3) is 3.56. The van der Waals surface area contributed by atoms with Gasteiger partial charge in [0.15, 0.2) is 0 Å². The fourth-order valence-corrected chi connectivity index (χ4v) is 1.49. The van der Waals surface area contributed by atoms with Gasteiger partial charge in [0.1, 0.15) is 0 Å². The van der Waals surface area contributed by atoms with E-state index in [0.29, 0.717) is 5.56 Å². The minimum absolute atomic E-state index is 0.00146. The normalized spacial score (nSPS) is 11.0. The molecule has 1 amide bonds. The van der Waals surface area contributed by atoms with Gasteiger partial charge in [-0.2, -0.15) is 0 Å². The second-order valence-electron chi connectivity index (χ2n) is 2.85. The van der Waals surface area contributed by atoms with Crippen LogP contribution >= 0.6 is 0 Å². The first-order chi connectivity index (χ1) is 6.89. The molecular weight excluding hydrogens is 220 g/mol. The Morgan fingerprint density at radius 1 is 1.33 bits per heavy atom. The van der Waals surface area contributed by atoms with Gasteiger partial charge in [0.2, 0.25) is 10.0 Å². The van der Waals surface area contributed by atoms with E-state index in [1.54, 1.807) is 0 Å². The summed E-state index contributed by atoms with van der Waals surface area (Å²) in [4.78, 5) is 10.2. The van der Waals surface area contributed by atoms with Gasteiger partial charge in [-0.1, -0.05) is 12.1 Å². The van der Waals surface area contributed by atoms with Crippen LogP contribution in [-0.4, -0.2) is 19.6 Å². The van der Waals surface area contributed by atoms with E-state index in [1.807, 2.05) is 0 Å². The van der Waals surface area contributed by atoms with E-state index in [-0.39, 0.29) is 11.4 Å². The largest absolute Gasteiger partial charge is 0.465 e. The molecule has 0 aliphatic heterocycles. The van der Waals surface area contributed by atoms with E-state index in [0.717, 1.165) is 0 Å². The molecule has 15 heavy (non-hydrogen) atoms. The molecule has 0 aromatic heterocycles. The predicted molar refractivity (Wildman–Crippen MR) is 52.7 cm³/mol. The molecule has 82 valence electrons. The van der Waals surface area contributed by atoms with Crippen LogP contribution in [0.5, 0.6) is 0 Å². The summed E-state index contributed by atoms with van der Waals surface area (Å²) >= 11 is 0. The molecule has 0 aliphatic rings. The summed E-state index contributed by atoms with van der Waals surface area (Å²) in [7, 11) is -3.69. The van der Waals surface area contributed by atoms with Gasteiger partial charge in [-0.05, 0) is 17.7 Å². The second-order valence-corrected chi connectivity index (χ2v) is 4.41. The highest BCUT2D eigenvalue weighted by molar-refractivity contribution is 7.89. The molecule has 1 aromatic rings. The van der Waals surface area contributed by atoms with Crippen molar-refractivity contribution in [1.29, 1.82) is 0 Å². The zero-order valence-electron chi connectivity index (χ0n) is 7.67. The molecule has 0 fully saturated rings. The summed E-state index contributed by atoms with van der Waals surface area (Å²) in [6.45, 7) is 0.125. The van der Waals surface area contributed by atoms with Gasteiger partial charge in [0.25, 0.3) is 0 Å². The topological polar surface area (TPSA) is 109 Å². The molecule has 0 heterocycles. The van der Waals surface area contributed by atoms with Gasteiger partial charge in [0, 0.05) is 6.54 Å². The molecular formula is C8H10N2O4S. The molecule has 0 unspecified atom stereocenters. The molecule has 0 spiro atoms. The number of sulfonamides is 1. The van der Waals surface area contributed by atoms with E-state index in [4.69, 9.17) is 10.2 Å². The van der Waals surface area contributed by atoms with Crippen LogP contribution in [0.15, 0.2) is 29.2 Å². The molecule has 4 N–H and O–H groups in total. The average molecular weight is 230 g/mol. The minimum Gasteiger partial charge on any atom is -0.465 e. The second kappa shape index (κ2) is 4.28. The zero-order chi connectivity index (χ0) is 11.5. The SMILES string of the molecule is NS(=O)(=O)c1ccc(CNC(=O)O)cc1. The Morgan fingerprint density at radius 2 is 1.87 bits per heavy atom. The number of hydrogen-bond acceptors (Lipinski definition) is 3. The number of benzene rings is 1. The molecule has 6 nitrogen and oxygen atoms in total. The van der Waals surface area contributed by atoms with Gasteiger partial charge < -0.3 is 10.4 Å². The van der Waals surface area contributed by atoms with Crippen molar-refractivity contribution in [3.63, 3.8) is 0 Å². The Labute approximate surface area is 86.8 Å². The lowest BCUT2D eigenvalue weighted by Gasteiger charge is -2.02. The lowest BCUT2D eigenvalue weighted by molar-refractivity contribution is 0.194. The third-order valence-corrected chi connectivity index (χ3v) is 2.62. The van der Waals surface area contributed by atoms with E-state index in [2.05, 4.69) is 5.32 Å². The smallest absolute Gasteiger partial charge is 0.404 e. The standard InChI is InChI=1S/C8H10N2O4S/c9-15(13,14)7-3-1-6(2-4-7)5-10-8(11)12/h1-4,10H,5H2,(H,11,12)(H2,9,13,14). The highest BCUT2D eigenvalue weighted by atomic mass is 32.2. The fourth-order valence-electron chi connectivity index (χ4n) is 0.975. The molecule has 0 atom stereocenters. The Hall–Kier alpha value is -1.60. The van der Waals surface area contributed by atoms with Crippen molar-refractivity contribution in [2.75, 3.05) is 0 Å². The molecule has 7 heteroatoms. The van der Waals surface area contributed by atoms with Gasteiger partial charge >= 0.3 is 6.09 Å². The monoisotopic (exact) mass is 230 g/mol. The van der Waals surface area contributed by atoms with Crippen molar-refractivity contribution in [3.05, 3.63) is 29.8 Å². The Kier molecular flexibility index (Phi) is 3.28. The van der Waals surface area contributed by atoms with Crippen LogP contribution in [0.25, 0.3) is 0 Å². The lowest BCUT2D eigenvalue weighted by atomic mass is 10.2. The summed E-state index contributed by atoms with van der Waals surface area (Å²) in [5, 5.41) is 15.4. The predicted octanol–water partition coefficient (Wildman–Crippen LogP) is 0.102. The van der Waals surface area contributed by atoms with Gasteiger partial charge in [0.05, 0.1) is 4.90 Å². The molecule has 0 radical (unpaired) electrons. The van der Waals surface area contributed by atoms with E-state index in [9.17, 15) is 13.2 Å². The summed E-state index contributed by atoms with van der Waals surface area (Å²) in [6, 6.07) is 5.65. The Bertz CT molecular complexity index is 452. The number of primary sulfonamides is 1. The van der Waals surface area contributed by atoms with Crippen molar-refractivity contribution >= 4 is 16.1 Å². The maximum Gasteiger partial charge on any atom is 0.404 e. The molecule has 0 saturated heterocycles. The molecule has 1 aromatic carbocycles. The van der Waals surface area contributed by atoms with Crippen LogP contribution in [0.4, 0.5) is 4.79 Å². The van der Waals surface area contributed by atoms with Crippen molar-refractivity contribution in [2.45, 2.75) is 11.4 Å². The van der Waals surface area contributed by atoms with Gasteiger partial charge in [-0.25, -0.2) is 18.4 Å². The molecule has 0 saturated carbocycles. The maximum atomic E-state index is 10.9. The van der Waals surface area contributed by atoms with Crippen molar-refractivity contribution in [3.8, 4) is 0 Å². The number of nitrogens with two attached hydrogens (primary N) is 1. The van der Waals surface area contributed by atoms with Crippen molar-refractivity contribution in [2.24, 2.45) is 5.14 Å². The first-order valence-electron chi connectivity index (χ1n) is 3.98. The fraction of sp³-hybridized carbons (Fsp3) is 0.125. The maximum absolute atomic E-state index is 10.9. The first-order valence-corrected chi connectivity index (χ1v) is 5.53. The van der Waals surface area contributed by atoms with Gasteiger partial charge in [-0.15, -0.1) is 0 Å². The van der Waals surface area contributed by atoms with Crippen LogP contribution in [0.2, 0.25) is 0 Å². The van der Waals surface area contributed by atoms with Crippen LogP contribution in [0, 0.1) is 0 Å². The highest BCUT2D eigenvalue weighted by Gasteiger charge is 2.06. The van der Waals surface area contributed by atoms with Crippen LogP contribution < -0.4 is 10.5 Å². The third-order valence-electron chi connectivity index (χ3n) is 1.70. The van der Waals surface area contributed by atoms with Crippen molar-refractivity contribution < 1.29 is 18.3 Å². The van der Waals surface area contributed by atoms with Crippen LogP contribution in [0.3, 0.4) is 0 Å². The number of amides is 1. The van der Waals surface area contributed by atoms with E-state index in [1.165, 1.54) is 24.3 Å².